The number of ether oxygens (including phenoxy) is 1. The summed E-state index contributed by atoms with van der Waals surface area (Å²) in [5.74, 6) is 0.624. The number of carbonyl (C=O) groups excluding carboxylic acids is 1. The molecule has 3 aromatic rings. The van der Waals surface area contributed by atoms with E-state index in [9.17, 15) is 4.79 Å². The van der Waals surface area contributed by atoms with Crippen LogP contribution in [-0.4, -0.2) is 19.1 Å². The van der Waals surface area contributed by atoms with Crippen molar-refractivity contribution >= 4 is 11.6 Å². The third-order valence-electron chi connectivity index (χ3n) is 4.42. The lowest BCUT2D eigenvalue weighted by Crippen LogP contribution is -2.40. The van der Waals surface area contributed by atoms with Gasteiger partial charge in [0.2, 0.25) is 5.91 Å². The first kappa shape index (κ1) is 18.5. The molecular weight excluding hydrogens is 336 g/mol. The van der Waals surface area contributed by atoms with Crippen molar-refractivity contribution in [2.24, 2.45) is 0 Å². The molecule has 0 bridgehead atoms. The molecule has 1 amide bonds. The quantitative estimate of drug-likeness (QED) is 0.656. The maximum atomic E-state index is 12.9. The smallest absolute Gasteiger partial charge is 0.242 e. The fourth-order valence-corrected chi connectivity index (χ4v) is 2.98. The average molecular weight is 360 g/mol. The Kier molecular flexibility index (Phi) is 6.10. The maximum Gasteiger partial charge on any atom is 0.242 e. The van der Waals surface area contributed by atoms with E-state index in [1.54, 1.807) is 7.11 Å². The Bertz CT molecular complexity index is 826. The molecule has 0 radical (unpaired) electrons. The van der Waals surface area contributed by atoms with E-state index in [4.69, 9.17) is 4.74 Å². The van der Waals surface area contributed by atoms with Crippen LogP contribution in [0.4, 0.5) is 5.69 Å². The van der Waals surface area contributed by atoms with Crippen LogP contribution in [0.25, 0.3) is 0 Å². The second-order valence-electron chi connectivity index (χ2n) is 6.33. The molecule has 0 aliphatic rings. The number of rotatable bonds is 7. The molecule has 3 rings (SSSR count). The first-order valence-corrected chi connectivity index (χ1v) is 8.99. The number of para-hydroxylation sites is 2. The van der Waals surface area contributed by atoms with Crippen LogP contribution in [0.3, 0.4) is 0 Å². The van der Waals surface area contributed by atoms with Crippen molar-refractivity contribution in [2.45, 2.75) is 19.0 Å². The van der Waals surface area contributed by atoms with Gasteiger partial charge in [0.05, 0.1) is 18.8 Å². The van der Waals surface area contributed by atoms with Crippen molar-refractivity contribution in [3.63, 3.8) is 0 Å². The molecule has 0 aromatic heterocycles. The number of carbonyl (C=O) groups is 1. The van der Waals surface area contributed by atoms with E-state index in [0.717, 1.165) is 16.8 Å². The molecule has 138 valence electrons. The van der Waals surface area contributed by atoms with Gasteiger partial charge in [-0.15, -0.1) is 0 Å². The van der Waals surface area contributed by atoms with Crippen LogP contribution < -0.4 is 15.4 Å². The first-order chi connectivity index (χ1) is 13.2. The molecule has 0 aliphatic carbocycles. The highest BCUT2D eigenvalue weighted by Gasteiger charge is 2.21. The van der Waals surface area contributed by atoms with Crippen LogP contribution in [-0.2, 0) is 4.79 Å². The highest BCUT2D eigenvalue weighted by molar-refractivity contribution is 5.85. The van der Waals surface area contributed by atoms with Crippen LogP contribution in [0.1, 0.15) is 24.1 Å². The van der Waals surface area contributed by atoms with E-state index in [0.29, 0.717) is 5.75 Å². The molecule has 1 atom stereocenters. The van der Waals surface area contributed by atoms with Gasteiger partial charge in [-0.3, -0.25) is 4.79 Å². The van der Waals surface area contributed by atoms with Crippen LogP contribution >= 0.6 is 0 Å². The third-order valence-corrected chi connectivity index (χ3v) is 4.42. The van der Waals surface area contributed by atoms with Crippen molar-refractivity contribution in [3.05, 3.63) is 96.1 Å². The van der Waals surface area contributed by atoms with Crippen LogP contribution in [0.5, 0.6) is 5.75 Å². The minimum Gasteiger partial charge on any atom is -0.495 e. The maximum absolute atomic E-state index is 12.9. The first-order valence-electron chi connectivity index (χ1n) is 8.99. The Morgan fingerprint density at radius 1 is 0.815 bits per heavy atom. The minimum atomic E-state index is -0.420. The lowest BCUT2D eigenvalue weighted by molar-refractivity contribution is -0.122. The average Bonchev–Trinajstić information content (AvgIpc) is 2.73. The van der Waals surface area contributed by atoms with Gasteiger partial charge in [-0.05, 0) is 30.2 Å². The summed E-state index contributed by atoms with van der Waals surface area (Å²) in [7, 11) is 1.62. The predicted molar refractivity (Wildman–Crippen MR) is 109 cm³/mol. The molecule has 27 heavy (non-hydrogen) atoms. The summed E-state index contributed by atoms with van der Waals surface area (Å²) in [4.78, 5) is 12.9. The zero-order chi connectivity index (χ0) is 19.1. The van der Waals surface area contributed by atoms with E-state index in [1.807, 2.05) is 91.9 Å². The van der Waals surface area contributed by atoms with Gasteiger partial charge in [0, 0.05) is 0 Å². The van der Waals surface area contributed by atoms with Gasteiger partial charge in [0.25, 0.3) is 0 Å². The molecule has 3 aromatic carbocycles. The molecule has 0 aliphatic heterocycles. The fraction of sp³-hybridized carbons (Fsp3) is 0.174. The van der Waals surface area contributed by atoms with Gasteiger partial charge in [-0.1, -0.05) is 72.8 Å². The number of methoxy groups -OCH3 is 1. The molecule has 0 saturated carbocycles. The Labute approximate surface area is 160 Å². The Hall–Kier alpha value is -3.27. The Morgan fingerprint density at radius 2 is 1.33 bits per heavy atom. The summed E-state index contributed by atoms with van der Waals surface area (Å²) in [6, 6.07) is 26.9. The van der Waals surface area contributed by atoms with Gasteiger partial charge >= 0.3 is 0 Å². The van der Waals surface area contributed by atoms with E-state index in [2.05, 4.69) is 10.6 Å². The zero-order valence-electron chi connectivity index (χ0n) is 15.6. The molecule has 0 fully saturated rings. The van der Waals surface area contributed by atoms with E-state index in [1.165, 1.54) is 0 Å². The number of benzene rings is 3. The molecular formula is C23H24N2O2. The lowest BCUT2D eigenvalue weighted by atomic mass is 9.98. The standard InChI is InChI=1S/C23H24N2O2/c1-17(24-20-15-9-10-16-21(20)27-2)23(26)25-22(18-11-5-3-6-12-18)19-13-7-4-8-14-19/h3-17,22,24H,1-2H3,(H,25,26). The summed E-state index contributed by atoms with van der Waals surface area (Å²) in [6.07, 6.45) is 0. The summed E-state index contributed by atoms with van der Waals surface area (Å²) in [6.45, 7) is 1.84. The number of hydrogen-bond donors (Lipinski definition) is 2. The largest absolute Gasteiger partial charge is 0.495 e. The van der Waals surface area contributed by atoms with E-state index < -0.39 is 6.04 Å². The van der Waals surface area contributed by atoms with E-state index >= 15 is 0 Å². The number of anilines is 1. The van der Waals surface area contributed by atoms with Gasteiger partial charge in [0.15, 0.2) is 0 Å². The number of amides is 1. The predicted octanol–water partition coefficient (Wildman–Crippen LogP) is 4.40. The molecule has 0 spiro atoms. The molecule has 2 N–H and O–H groups in total. The summed E-state index contributed by atoms with van der Waals surface area (Å²) >= 11 is 0. The molecule has 0 heterocycles. The van der Waals surface area contributed by atoms with Crippen molar-refractivity contribution in [3.8, 4) is 5.75 Å². The third kappa shape index (κ3) is 4.67. The van der Waals surface area contributed by atoms with Gasteiger partial charge in [-0.2, -0.15) is 0 Å². The summed E-state index contributed by atoms with van der Waals surface area (Å²) < 4.78 is 5.35. The van der Waals surface area contributed by atoms with Gasteiger partial charge in [0.1, 0.15) is 11.8 Å². The number of hydrogen-bond acceptors (Lipinski definition) is 3. The van der Waals surface area contributed by atoms with E-state index in [-0.39, 0.29) is 11.9 Å². The lowest BCUT2D eigenvalue weighted by Gasteiger charge is -2.23. The number of nitrogens with one attached hydrogen (secondary N) is 2. The minimum absolute atomic E-state index is 0.0846. The van der Waals surface area contributed by atoms with Crippen molar-refractivity contribution in [1.82, 2.24) is 5.32 Å². The topological polar surface area (TPSA) is 50.4 Å². The zero-order valence-corrected chi connectivity index (χ0v) is 15.6. The highest BCUT2D eigenvalue weighted by atomic mass is 16.5. The van der Waals surface area contributed by atoms with Crippen molar-refractivity contribution < 1.29 is 9.53 Å². The Balaban J connectivity index is 1.78. The fourth-order valence-electron chi connectivity index (χ4n) is 2.98. The van der Waals surface area contributed by atoms with Crippen LogP contribution in [0.15, 0.2) is 84.9 Å². The van der Waals surface area contributed by atoms with Crippen molar-refractivity contribution in [2.75, 3.05) is 12.4 Å². The monoisotopic (exact) mass is 360 g/mol. The normalized spacial score (nSPS) is 11.7. The SMILES string of the molecule is COc1ccccc1NC(C)C(=O)NC(c1ccccc1)c1ccccc1. The van der Waals surface area contributed by atoms with Gasteiger partial charge in [-0.25, -0.2) is 0 Å². The van der Waals surface area contributed by atoms with Crippen LogP contribution in [0.2, 0.25) is 0 Å². The summed E-state index contributed by atoms with van der Waals surface area (Å²) in [5.41, 5.74) is 2.88. The van der Waals surface area contributed by atoms with Crippen molar-refractivity contribution in [1.29, 1.82) is 0 Å². The van der Waals surface area contributed by atoms with Gasteiger partial charge < -0.3 is 15.4 Å². The molecule has 4 heteroatoms. The second-order valence-corrected chi connectivity index (χ2v) is 6.33. The molecule has 1 unspecified atom stereocenters. The molecule has 4 nitrogen and oxygen atoms in total. The highest BCUT2D eigenvalue weighted by Crippen LogP contribution is 2.25. The second kappa shape index (κ2) is 8.90. The van der Waals surface area contributed by atoms with Crippen LogP contribution in [0, 0.1) is 0 Å². The Morgan fingerprint density at radius 3 is 1.89 bits per heavy atom. The molecule has 0 saturated heterocycles. The summed E-state index contributed by atoms with van der Waals surface area (Å²) in [5, 5.41) is 6.40.